The number of carbonyl (C=O) groups excluding carboxylic acids is 1. The van der Waals surface area contributed by atoms with Crippen molar-refractivity contribution in [1.29, 1.82) is 0 Å². The van der Waals surface area contributed by atoms with Crippen LogP contribution in [0.4, 0.5) is 0 Å². The van der Waals surface area contributed by atoms with E-state index in [1.807, 2.05) is 20.8 Å². The van der Waals surface area contributed by atoms with E-state index >= 15 is 0 Å². The minimum atomic E-state index is -0.354. The number of rotatable bonds is 5. The summed E-state index contributed by atoms with van der Waals surface area (Å²) >= 11 is 0. The Morgan fingerprint density at radius 1 is 1.50 bits per heavy atom. The molecule has 0 spiro atoms. The van der Waals surface area contributed by atoms with Crippen molar-refractivity contribution in [3.63, 3.8) is 0 Å². The van der Waals surface area contributed by atoms with E-state index < -0.39 is 0 Å². The molecule has 1 rings (SSSR count). The first-order valence-corrected chi connectivity index (χ1v) is 6.15. The second-order valence-corrected chi connectivity index (χ2v) is 5.04. The molecule has 1 heterocycles. The zero-order valence-electron chi connectivity index (χ0n) is 10.6. The van der Waals surface area contributed by atoms with Crippen molar-refractivity contribution in [3.05, 3.63) is 0 Å². The Hall–Kier alpha value is -0.610. The maximum absolute atomic E-state index is 11.8. The average molecular weight is 228 g/mol. The first kappa shape index (κ1) is 13.5. The van der Waals surface area contributed by atoms with Gasteiger partial charge >= 0.3 is 0 Å². The number of nitrogens with one attached hydrogen (secondary N) is 2. The van der Waals surface area contributed by atoms with Crippen LogP contribution in [0.25, 0.3) is 0 Å². The molecule has 1 amide bonds. The van der Waals surface area contributed by atoms with Crippen molar-refractivity contribution in [1.82, 2.24) is 10.6 Å². The fraction of sp³-hybridized carbons (Fsp3) is 0.917. The lowest BCUT2D eigenvalue weighted by Crippen LogP contribution is -2.47. The predicted octanol–water partition coefficient (Wildman–Crippen LogP) is 0.917. The number of carbonyl (C=O) groups is 1. The molecule has 0 aliphatic carbocycles. The van der Waals surface area contributed by atoms with E-state index in [9.17, 15) is 4.79 Å². The molecule has 0 saturated carbocycles. The molecule has 0 bridgehead atoms. The van der Waals surface area contributed by atoms with Gasteiger partial charge < -0.3 is 15.4 Å². The van der Waals surface area contributed by atoms with Crippen LogP contribution in [0.5, 0.6) is 0 Å². The predicted molar refractivity (Wildman–Crippen MR) is 64.3 cm³/mol. The molecule has 1 aliphatic heterocycles. The number of hydrogen-bond donors (Lipinski definition) is 2. The van der Waals surface area contributed by atoms with Gasteiger partial charge in [0.25, 0.3) is 0 Å². The van der Waals surface area contributed by atoms with Gasteiger partial charge in [-0.1, -0.05) is 0 Å². The van der Waals surface area contributed by atoms with Crippen molar-refractivity contribution in [3.8, 4) is 0 Å². The Morgan fingerprint density at radius 3 is 2.81 bits per heavy atom. The summed E-state index contributed by atoms with van der Waals surface area (Å²) in [5, 5.41) is 6.28. The van der Waals surface area contributed by atoms with Gasteiger partial charge in [-0.2, -0.15) is 0 Å². The summed E-state index contributed by atoms with van der Waals surface area (Å²) in [4.78, 5) is 11.8. The monoisotopic (exact) mass is 228 g/mol. The molecule has 1 atom stereocenters. The summed E-state index contributed by atoms with van der Waals surface area (Å²) in [6, 6.07) is 0.405. The Balaban J connectivity index is 2.31. The van der Waals surface area contributed by atoms with Crippen molar-refractivity contribution < 1.29 is 9.53 Å². The third-order valence-corrected chi connectivity index (χ3v) is 2.94. The molecule has 0 radical (unpaired) electrons. The number of ether oxygens (including phenoxy) is 1. The molecule has 4 nitrogen and oxygen atoms in total. The lowest BCUT2D eigenvalue weighted by atomic mass is 9.91. The van der Waals surface area contributed by atoms with Crippen LogP contribution < -0.4 is 10.6 Å². The zero-order chi connectivity index (χ0) is 12.0. The van der Waals surface area contributed by atoms with E-state index in [0.29, 0.717) is 19.1 Å². The molecule has 0 aromatic carbocycles. The van der Waals surface area contributed by atoms with E-state index in [1.54, 1.807) is 0 Å². The smallest absolute Gasteiger partial charge is 0.226 e. The highest BCUT2D eigenvalue weighted by Gasteiger charge is 2.28. The second kappa shape index (κ2) is 6.21. The zero-order valence-corrected chi connectivity index (χ0v) is 10.6. The Kier molecular flexibility index (Phi) is 5.22. The van der Waals surface area contributed by atoms with Gasteiger partial charge in [0.1, 0.15) is 0 Å². The SMILES string of the molecule is CCNC(=O)C(C)(C)CNC1CCCOC1. The standard InChI is InChI=1S/C12H24N2O2/c1-4-13-11(15)12(2,3)9-14-10-6-5-7-16-8-10/h10,14H,4-9H2,1-3H3,(H,13,15). The highest BCUT2D eigenvalue weighted by Crippen LogP contribution is 2.15. The molecule has 94 valence electrons. The van der Waals surface area contributed by atoms with Gasteiger partial charge in [0.05, 0.1) is 12.0 Å². The van der Waals surface area contributed by atoms with Crippen LogP contribution in [0.1, 0.15) is 33.6 Å². The number of amides is 1. The Bertz CT molecular complexity index is 223. The number of hydrogen-bond acceptors (Lipinski definition) is 3. The third kappa shape index (κ3) is 4.10. The van der Waals surface area contributed by atoms with Gasteiger partial charge in [-0.25, -0.2) is 0 Å². The molecular weight excluding hydrogens is 204 g/mol. The molecule has 4 heteroatoms. The highest BCUT2D eigenvalue weighted by atomic mass is 16.5. The molecular formula is C12H24N2O2. The van der Waals surface area contributed by atoms with Crippen LogP contribution in [0, 0.1) is 5.41 Å². The van der Waals surface area contributed by atoms with E-state index in [-0.39, 0.29) is 11.3 Å². The lowest BCUT2D eigenvalue weighted by molar-refractivity contribution is -0.129. The average Bonchev–Trinajstić information content (AvgIpc) is 2.28. The van der Waals surface area contributed by atoms with Crippen LogP contribution in [0.2, 0.25) is 0 Å². The molecule has 1 aliphatic rings. The lowest BCUT2D eigenvalue weighted by Gasteiger charge is -2.29. The Labute approximate surface area is 98.1 Å². The summed E-state index contributed by atoms with van der Waals surface area (Å²) in [6.07, 6.45) is 2.25. The van der Waals surface area contributed by atoms with Crippen molar-refractivity contribution in [2.24, 2.45) is 5.41 Å². The summed E-state index contributed by atoms with van der Waals surface area (Å²) in [7, 11) is 0. The molecule has 0 aromatic heterocycles. The molecule has 0 aromatic rings. The molecule has 1 unspecified atom stereocenters. The fourth-order valence-electron chi connectivity index (χ4n) is 1.78. The summed E-state index contributed by atoms with van der Waals surface area (Å²) in [5.41, 5.74) is -0.354. The highest BCUT2D eigenvalue weighted by molar-refractivity contribution is 5.81. The van der Waals surface area contributed by atoms with Gasteiger partial charge in [-0.3, -0.25) is 4.79 Å². The quantitative estimate of drug-likeness (QED) is 0.735. The second-order valence-electron chi connectivity index (χ2n) is 5.04. The van der Waals surface area contributed by atoms with Gasteiger partial charge in [-0.05, 0) is 33.6 Å². The fourth-order valence-corrected chi connectivity index (χ4v) is 1.78. The summed E-state index contributed by atoms with van der Waals surface area (Å²) < 4.78 is 5.39. The van der Waals surface area contributed by atoms with E-state index in [0.717, 1.165) is 26.1 Å². The summed E-state index contributed by atoms with van der Waals surface area (Å²) in [5.74, 6) is 0.110. The normalized spacial score (nSPS) is 21.8. The third-order valence-electron chi connectivity index (χ3n) is 2.94. The van der Waals surface area contributed by atoms with Gasteiger partial charge in [0.15, 0.2) is 0 Å². The van der Waals surface area contributed by atoms with Crippen LogP contribution in [0.15, 0.2) is 0 Å². The first-order valence-electron chi connectivity index (χ1n) is 6.15. The maximum Gasteiger partial charge on any atom is 0.226 e. The van der Waals surface area contributed by atoms with E-state index in [2.05, 4.69) is 10.6 Å². The van der Waals surface area contributed by atoms with E-state index in [1.165, 1.54) is 0 Å². The van der Waals surface area contributed by atoms with Crippen LogP contribution in [0.3, 0.4) is 0 Å². The molecule has 2 N–H and O–H groups in total. The van der Waals surface area contributed by atoms with E-state index in [4.69, 9.17) is 4.74 Å². The largest absolute Gasteiger partial charge is 0.380 e. The van der Waals surface area contributed by atoms with Crippen LogP contribution in [-0.2, 0) is 9.53 Å². The summed E-state index contributed by atoms with van der Waals surface area (Å²) in [6.45, 7) is 8.91. The van der Waals surface area contributed by atoms with Crippen LogP contribution >= 0.6 is 0 Å². The van der Waals surface area contributed by atoms with Gasteiger partial charge in [0, 0.05) is 25.7 Å². The van der Waals surface area contributed by atoms with Gasteiger partial charge in [-0.15, -0.1) is 0 Å². The molecule has 16 heavy (non-hydrogen) atoms. The van der Waals surface area contributed by atoms with Crippen molar-refractivity contribution in [2.75, 3.05) is 26.3 Å². The van der Waals surface area contributed by atoms with Crippen molar-refractivity contribution in [2.45, 2.75) is 39.7 Å². The minimum Gasteiger partial charge on any atom is -0.380 e. The minimum absolute atomic E-state index is 0.110. The maximum atomic E-state index is 11.8. The molecule has 1 fully saturated rings. The first-order chi connectivity index (χ1) is 7.56. The van der Waals surface area contributed by atoms with Crippen LogP contribution in [-0.4, -0.2) is 38.3 Å². The Morgan fingerprint density at radius 2 is 2.25 bits per heavy atom. The van der Waals surface area contributed by atoms with Gasteiger partial charge in [0.2, 0.25) is 5.91 Å². The topological polar surface area (TPSA) is 50.4 Å². The molecule has 1 saturated heterocycles. The van der Waals surface area contributed by atoms with Crippen molar-refractivity contribution >= 4 is 5.91 Å².